The van der Waals surface area contributed by atoms with E-state index < -0.39 is 11.9 Å². The molecule has 1 rings (SSSR count). The minimum absolute atomic E-state index is 0.359. The number of carbonyl (C=O) groups excluding carboxylic acids is 1. The number of aliphatic carboxylic acids is 1. The third kappa shape index (κ3) is 2.75. The first-order valence-electron chi connectivity index (χ1n) is 3.90. The maximum atomic E-state index is 10.8. The Labute approximate surface area is 80.7 Å². The summed E-state index contributed by atoms with van der Waals surface area (Å²) in [6.07, 6.45) is 2.40. The van der Waals surface area contributed by atoms with Crippen molar-refractivity contribution in [1.82, 2.24) is 0 Å². The lowest BCUT2D eigenvalue weighted by molar-refractivity contribution is -0.131. The van der Waals surface area contributed by atoms with Crippen LogP contribution in [-0.4, -0.2) is 17.0 Å². The van der Waals surface area contributed by atoms with E-state index in [0.717, 1.165) is 6.08 Å². The lowest BCUT2D eigenvalue weighted by Crippen LogP contribution is -2.10. The van der Waals surface area contributed by atoms with Gasteiger partial charge in [0.2, 0.25) is 5.91 Å². The number of amides is 1. The van der Waals surface area contributed by atoms with Gasteiger partial charge < -0.3 is 10.8 Å². The molecule has 1 aromatic rings. The van der Waals surface area contributed by atoms with Gasteiger partial charge in [-0.15, -0.1) is 0 Å². The highest BCUT2D eigenvalue weighted by Crippen LogP contribution is 2.06. The van der Waals surface area contributed by atoms with Crippen molar-refractivity contribution in [3.05, 3.63) is 41.5 Å². The summed E-state index contributed by atoms with van der Waals surface area (Å²) in [5.41, 5.74) is 6.05. The van der Waals surface area contributed by atoms with Gasteiger partial charge in [0.15, 0.2) is 0 Å². The number of nitrogens with two attached hydrogens (primary N) is 1. The monoisotopic (exact) mass is 191 g/mol. The number of rotatable bonds is 3. The molecule has 0 unspecified atom stereocenters. The van der Waals surface area contributed by atoms with Gasteiger partial charge in [-0.05, 0) is 23.8 Å². The fraction of sp³-hybridized carbons (Fsp3) is 0. The Morgan fingerprint density at radius 1 is 1.36 bits per heavy atom. The van der Waals surface area contributed by atoms with Gasteiger partial charge in [0.1, 0.15) is 0 Å². The second-order valence-corrected chi connectivity index (χ2v) is 2.66. The average Bonchev–Trinajstić information content (AvgIpc) is 2.15. The molecule has 1 aromatic carbocycles. The Hall–Kier alpha value is -2.10. The molecule has 0 aromatic heterocycles. The minimum atomic E-state index is -1.03. The highest BCUT2D eigenvalue weighted by atomic mass is 16.4. The van der Waals surface area contributed by atoms with Crippen LogP contribution in [0.3, 0.4) is 0 Å². The minimum Gasteiger partial charge on any atom is -0.478 e. The van der Waals surface area contributed by atoms with Gasteiger partial charge in [-0.3, -0.25) is 4.79 Å². The van der Waals surface area contributed by atoms with E-state index >= 15 is 0 Å². The van der Waals surface area contributed by atoms with Crippen LogP contribution >= 0.6 is 0 Å². The fourth-order valence-corrected chi connectivity index (χ4v) is 0.963. The molecule has 4 nitrogen and oxygen atoms in total. The summed E-state index contributed by atoms with van der Waals surface area (Å²) in [5, 5.41) is 8.37. The van der Waals surface area contributed by atoms with Crippen molar-refractivity contribution >= 4 is 18.0 Å². The molecule has 0 saturated carbocycles. The highest BCUT2D eigenvalue weighted by Gasteiger charge is 1.99. The van der Waals surface area contributed by atoms with Crippen molar-refractivity contribution in [2.24, 2.45) is 5.73 Å². The molecule has 1 amide bonds. The summed E-state index contributed by atoms with van der Waals surface area (Å²) in [5.74, 6) is -1.56. The van der Waals surface area contributed by atoms with E-state index in [1.165, 1.54) is 12.1 Å². The molecule has 72 valence electrons. The molecule has 0 aliphatic carbocycles. The van der Waals surface area contributed by atoms with Gasteiger partial charge in [0.05, 0.1) is 0 Å². The van der Waals surface area contributed by atoms with E-state index in [0.29, 0.717) is 11.1 Å². The molecule has 14 heavy (non-hydrogen) atoms. The average molecular weight is 191 g/mol. The zero-order valence-corrected chi connectivity index (χ0v) is 7.31. The first kappa shape index (κ1) is 9.98. The van der Waals surface area contributed by atoms with Gasteiger partial charge in [-0.25, -0.2) is 4.79 Å². The summed E-state index contributed by atoms with van der Waals surface area (Å²) >= 11 is 0. The van der Waals surface area contributed by atoms with Crippen LogP contribution < -0.4 is 5.73 Å². The Morgan fingerprint density at radius 2 is 2.07 bits per heavy atom. The van der Waals surface area contributed by atoms with Crippen molar-refractivity contribution in [2.75, 3.05) is 0 Å². The van der Waals surface area contributed by atoms with Crippen molar-refractivity contribution in [1.29, 1.82) is 0 Å². The largest absolute Gasteiger partial charge is 0.478 e. The molecule has 0 spiro atoms. The summed E-state index contributed by atoms with van der Waals surface area (Å²) < 4.78 is 0. The number of carboxylic acid groups (broad SMARTS) is 1. The van der Waals surface area contributed by atoms with Gasteiger partial charge >= 0.3 is 5.97 Å². The zero-order valence-electron chi connectivity index (χ0n) is 7.31. The van der Waals surface area contributed by atoms with Crippen molar-refractivity contribution in [3.63, 3.8) is 0 Å². The highest BCUT2D eigenvalue weighted by molar-refractivity contribution is 5.93. The first-order valence-corrected chi connectivity index (χ1v) is 3.90. The third-order valence-corrected chi connectivity index (χ3v) is 1.59. The second kappa shape index (κ2) is 4.23. The quantitative estimate of drug-likeness (QED) is 0.696. The number of carbonyl (C=O) groups is 2. The van der Waals surface area contributed by atoms with E-state index in [1.54, 1.807) is 18.2 Å². The van der Waals surface area contributed by atoms with Gasteiger partial charge in [-0.2, -0.15) is 0 Å². The molecule has 0 bridgehead atoms. The number of hydrogen-bond acceptors (Lipinski definition) is 2. The number of benzene rings is 1. The predicted molar refractivity (Wildman–Crippen MR) is 51.6 cm³/mol. The fourth-order valence-electron chi connectivity index (χ4n) is 0.963. The van der Waals surface area contributed by atoms with E-state index in [4.69, 9.17) is 10.8 Å². The Morgan fingerprint density at radius 3 is 2.64 bits per heavy atom. The van der Waals surface area contributed by atoms with Gasteiger partial charge in [0.25, 0.3) is 0 Å². The summed E-state index contributed by atoms with van der Waals surface area (Å²) in [7, 11) is 0. The van der Waals surface area contributed by atoms with Crippen LogP contribution in [0, 0.1) is 0 Å². The van der Waals surface area contributed by atoms with Crippen LogP contribution in [0.4, 0.5) is 0 Å². The molecule has 0 fully saturated rings. The summed E-state index contributed by atoms with van der Waals surface area (Å²) in [6, 6.07) is 6.43. The maximum absolute atomic E-state index is 10.8. The number of carboxylic acids is 1. The lowest BCUT2D eigenvalue weighted by Gasteiger charge is -1.96. The van der Waals surface area contributed by atoms with Gasteiger partial charge in [-0.1, -0.05) is 12.1 Å². The molecule has 0 atom stereocenters. The topological polar surface area (TPSA) is 80.4 Å². The Kier molecular flexibility index (Phi) is 3.01. The van der Waals surface area contributed by atoms with Crippen LogP contribution in [0.15, 0.2) is 30.3 Å². The maximum Gasteiger partial charge on any atom is 0.328 e. The number of primary amides is 1. The van der Waals surface area contributed by atoms with Crippen molar-refractivity contribution in [2.45, 2.75) is 0 Å². The van der Waals surface area contributed by atoms with Crippen molar-refractivity contribution < 1.29 is 14.7 Å². The molecule has 0 saturated heterocycles. The smallest absolute Gasteiger partial charge is 0.328 e. The van der Waals surface area contributed by atoms with E-state index in [2.05, 4.69) is 0 Å². The summed E-state index contributed by atoms with van der Waals surface area (Å²) in [4.78, 5) is 21.0. The molecule has 0 aliphatic rings. The standard InChI is InChI=1S/C10H9NO3/c11-10(14)8-3-1-2-7(6-8)4-5-9(12)13/h1-6H,(H2,11,14)(H,12,13)/b5-4+. The molecular formula is C10H9NO3. The molecule has 0 radical (unpaired) electrons. The van der Waals surface area contributed by atoms with Crippen molar-refractivity contribution in [3.8, 4) is 0 Å². The second-order valence-electron chi connectivity index (χ2n) is 2.66. The van der Waals surface area contributed by atoms with Crippen LogP contribution in [0.2, 0.25) is 0 Å². The SMILES string of the molecule is NC(=O)c1cccc(/C=C/C(=O)O)c1. The van der Waals surface area contributed by atoms with Crippen LogP contribution in [0.5, 0.6) is 0 Å². The van der Waals surface area contributed by atoms with E-state index in [1.807, 2.05) is 0 Å². The predicted octanol–water partition coefficient (Wildman–Crippen LogP) is 0.883. The van der Waals surface area contributed by atoms with Crippen LogP contribution in [-0.2, 0) is 4.79 Å². The molecular weight excluding hydrogens is 182 g/mol. The normalized spacial score (nSPS) is 10.3. The van der Waals surface area contributed by atoms with Gasteiger partial charge in [0, 0.05) is 11.6 Å². The molecule has 0 heterocycles. The molecule has 4 heteroatoms. The third-order valence-electron chi connectivity index (χ3n) is 1.59. The first-order chi connectivity index (χ1) is 6.59. The van der Waals surface area contributed by atoms with Crippen LogP contribution in [0.25, 0.3) is 6.08 Å². The number of hydrogen-bond donors (Lipinski definition) is 2. The molecule has 3 N–H and O–H groups in total. The summed E-state index contributed by atoms with van der Waals surface area (Å²) in [6.45, 7) is 0. The lowest BCUT2D eigenvalue weighted by atomic mass is 10.1. The Balaban J connectivity index is 2.94. The Bertz CT molecular complexity index is 396. The molecule has 0 aliphatic heterocycles. The zero-order chi connectivity index (χ0) is 10.6. The van der Waals surface area contributed by atoms with Crippen LogP contribution in [0.1, 0.15) is 15.9 Å². The van der Waals surface area contributed by atoms with E-state index in [9.17, 15) is 9.59 Å². The van der Waals surface area contributed by atoms with E-state index in [-0.39, 0.29) is 0 Å².